The van der Waals surface area contributed by atoms with Crippen LogP contribution in [0.4, 0.5) is 8.78 Å². The van der Waals surface area contributed by atoms with Crippen LogP contribution in [0.5, 0.6) is 5.75 Å². The molecule has 2 unspecified atom stereocenters. The van der Waals surface area contributed by atoms with Crippen LogP contribution in [-0.4, -0.2) is 31.9 Å². The van der Waals surface area contributed by atoms with E-state index in [4.69, 9.17) is 9.47 Å². The molecule has 1 saturated heterocycles. The summed E-state index contributed by atoms with van der Waals surface area (Å²) in [7, 11) is 0. The van der Waals surface area contributed by atoms with Crippen LogP contribution in [0.1, 0.15) is 13.3 Å². The summed E-state index contributed by atoms with van der Waals surface area (Å²) >= 11 is 0. The predicted molar refractivity (Wildman–Crippen MR) is 63.7 cm³/mol. The minimum Gasteiger partial charge on any atom is -0.483 e. The summed E-state index contributed by atoms with van der Waals surface area (Å²) in [6.45, 7) is 3.84. The van der Waals surface area contributed by atoms with E-state index in [9.17, 15) is 8.78 Å². The van der Waals surface area contributed by atoms with Gasteiger partial charge in [-0.3, -0.25) is 0 Å². The Morgan fingerprint density at radius 1 is 1.44 bits per heavy atom. The van der Waals surface area contributed by atoms with E-state index in [1.54, 1.807) is 0 Å². The molecule has 0 spiro atoms. The second kappa shape index (κ2) is 6.11. The maximum absolute atomic E-state index is 13.5. The molecule has 1 heterocycles. The quantitative estimate of drug-likeness (QED) is 0.896. The number of ether oxygens (including phenoxy) is 2. The van der Waals surface area contributed by atoms with Crippen molar-refractivity contribution in [2.45, 2.75) is 25.5 Å². The molecule has 2 atom stereocenters. The monoisotopic (exact) mass is 257 g/mol. The van der Waals surface area contributed by atoms with Crippen molar-refractivity contribution in [1.82, 2.24) is 5.32 Å². The fourth-order valence-electron chi connectivity index (χ4n) is 2.05. The molecular formula is C13H17F2NO2. The summed E-state index contributed by atoms with van der Waals surface area (Å²) < 4.78 is 37.4. The smallest absolute Gasteiger partial charge is 0.165 e. The van der Waals surface area contributed by atoms with Crippen LogP contribution in [-0.2, 0) is 4.74 Å². The highest BCUT2D eigenvalue weighted by molar-refractivity contribution is 5.25. The van der Waals surface area contributed by atoms with E-state index < -0.39 is 11.6 Å². The number of hydrogen-bond donors (Lipinski definition) is 1. The molecule has 0 saturated carbocycles. The molecular weight excluding hydrogens is 240 g/mol. The molecule has 5 heteroatoms. The average molecular weight is 257 g/mol. The predicted octanol–water partition coefficient (Wildman–Crippen LogP) is 2.11. The minimum atomic E-state index is -0.558. The highest BCUT2D eigenvalue weighted by Crippen LogP contribution is 2.22. The highest BCUT2D eigenvalue weighted by Gasteiger charge is 2.27. The van der Waals surface area contributed by atoms with Crippen molar-refractivity contribution in [3.63, 3.8) is 0 Å². The van der Waals surface area contributed by atoms with Crippen LogP contribution < -0.4 is 10.1 Å². The van der Waals surface area contributed by atoms with E-state index in [2.05, 4.69) is 5.32 Å². The second-order valence-electron chi connectivity index (χ2n) is 4.26. The second-order valence-corrected chi connectivity index (χ2v) is 4.26. The lowest BCUT2D eigenvalue weighted by Crippen LogP contribution is -2.49. The van der Waals surface area contributed by atoms with Gasteiger partial charge in [-0.25, -0.2) is 8.78 Å². The Morgan fingerprint density at radius 2 is 2.28 bits per heavy atom. The molecule has 18 heavy (non-hydrogen) atoms. The summed E-state index contributed by atoms with van der Waals surface area (Å²) in [5, 5.41) is 3.27. The van der Waals surface area contributed by atoms with Gasteiger partial charge in [-0.05, 0) is 25.1 Å². The lowest BCUT2D eigenvalue weighted by molar-refractivity contribution is -0.0158. The Balaban J connectivity index is 2.08. The van der Waals surface area contributed by atoms with Crippen molar-refractivity contribution >= 4 is 0 Å². The topological polar surface area (TPSA) is 30.5 Å². The van der Waals surface area contributed by atoms with Gasteiger partial charge in [-0.15, -0.1) is 0 Å². The molecule has 1 aromatic carbocycles. The fraction of sp³-hybridized carbons (Fsp3) is 0.538. The van der Waals surface area contributed by atoms with E-state index in [1.807, 2.05) is 6.92 Å². The van der Waals surface area contributed by atoms with Crippen LogP contribution in [0.15, 0.2) is 18.2 Å². The molecule has 0 aromatic heterocycles. The third-order valence-corrected chi connectivity index (χ3v) is 2.94. The van der Waals surface area contributed by atoms with E-state index in [0.717, 1.165) is 31.2 Å². The van der Waals surface area contributed by atoms with Gasteiger partial charge in [0.2, 0.25) is 0 Å². The van der Waals surface area contributed by atoms with Gasteiger partial charge >= 0.3 is 0 Å². The lowest BCUT2D eigenvalue weighted by Gasteiger charge is -2.32. The van der Waals surface area contributed by atoms with E-state index >= 15 is 0 Å². The zero-order chi connectivity index (χ0) is 13.0. The molecule has 1 aromatic rings. The van der Waals surface area contributed by atoms with Gasteiger partial charge in [-0.1, -0.05) is 6.92 Å². The van der Waals surface area contributed by atoms with Gasteiger partial charge in [0.05, 0.1) is 6.61 Å². The van der Waals surface area contributed by atoms with Crippen molar-refractivity contribution in [1.29, 1.82) is 0 Å². The first-order valence-electron chi connectivity index (χ1n) is 6.13. The standard InChI is InChI=1S/C13H17F2NO2/c1-2-16-11-5-6-17-8-13(11)18-12-7-9(14)3-4-10(12)15/h3-4,7,11,13,16H,2,5-6,8H2,1H3. The van der Waals surface area contributed by atoms with Crippen molar-refractivity contribution in [2.75, 3.05) is 19.8 Å². The zero-order valence-electron chi connectivity index (χ0n) is 10.3. The normalized spacial score (nSPS) is 23.9. The number of nitrogens with one attached hydrogen (secondary N) is 1. The molecule has 100 valence electrons. The number of hydrogen-bond acceptors (Lipinski definition) is 3. The summed E-state index contributed by atoms with van der Waals surface area (Å²) in [5.74, 6) is -1.13. The van der Waals surface area contributed by atoms with Crippen LogP contribution in [0, 0.1) is 11.6 Å². The number of halogens is 2. The first kappa shape index (κ1) is 13.2. The molecule has 3 nitrogen and oxygen atoms in total. The highest BCUT2D eigenvalue weighted by atomic mass is 19.1. The van der Waals surface area contributed by atoms with Gasteiger partial charge in [0.15, 0.2) is 11.6 Å². The molecule has 0 aliphatic carbocycles. The van der Waals surface area contributed by atoms with Crippen LogP contribution in [0.3, 0.4) is 0 Å². The Bertz CT molecular complexity index is 399. The largest absolute Gasteiger partial charge is 0.483 e. The molecule has 0 bridgehead atoms. The summed E-state index contributed by atoms with van der Waals surface area (Å²) in [5.41, 5.74) is 0. The van der Waals surface area contributed by atoms with Gasteiger partial charge < -0.3 is 14.8 Å². The first-order valence-corrected chi connectivity index (χ1v) is 6.13. The lowest BCUT2D eigenvalue weighted by atomic mass is 10.1. The number of likely N-dealkylation sites (N-methyl/N-ethyl adjacent to an activating group) is 1. The summed E-state index contributed by atoms with van der Waals surface area (Å²) in [6, 6.07) is 3.30. The molecule has 1 N–H and O–H groups in total. The maximum Gasteiger partial charge on any atom is 0.165 e. The zero-order valence-corrected chi connectivity index (χ0v) is 10.3. The van der Waals surface area contributed by atoms with Gasteiger partial charge in [0, 0.05) is 18.7 Å². The van der Waals surface area contributed by atoms with Gasteiger partial charge in [0.25, 0.3) is 0 Å². The van der Waals surface area contributed by atoms with Crippen molar-refractivity contribution in [3.8, 4) is 5.75 Å². The molecule has 1 fully saturated rings. The fourth-order valence-corrected chi connectivity index (χ4v) is 2.05. The Hall–Kier alpha value is -1.20. The Morgan fingerprint density at radius 3 is 3.06 bits per heavy atom. The molecule has 1 aliphatic rings. The van der Waals surface area contributed by atoms with Crippen LogP contribution in [0.2, 0.25) is 0 Å². The summed E-state index contributed by atoms with van der Waals surface area (Å²) in [6.07, 6.45) is 0.505. The van der Waals surface area contributed by atoms with Gasteiger partial charge in [-0.2, -0.15) is 0 Å². The van der Waals surface area contributed by atoms with Crippen LogP contribution in [0.25, 0.3) is 0 Å². The molecule has 0 radical (unpaired) electrons. The number of rotatable bonds is 4. The molecule has 0 amide bonds. The Kier molecular flexibility index (Phi) is 4.49. The van der Waals surface area contributed by atoms with Crippen molar-refractivity contribution < 1.29 is 18.3 Å². The van der Waals surface area contributed by atoms with E-state index in [1.165, 1.54) is 0 Å². The third kappa shape index (κ3) is 3.17. The van der Waals surface area contributed by atoms with E-state index in [-0.39, 0.29) is 17.9 Å². The Labute approximate surface area is 105 Å². The number of benzene rings is 1. The molecule has 2 rings (SSSR count). The molecule has 1 aliphatic heterocycles. The van der Waals surface area contributed by atoms with Crippen molar-refractivity contribution in [3.05, 3.63) is 29.8 Å². The first-order chi connectivity index (χ1) is 8.70. The third-order valence-electron chi connectivity index (χ3n) is 2.94. The van der Waals surface area contributed by atoms with E-state index in [0.29, 0.717) is 13.2 Å². The SMILES string of the molecule is CCNC1CCOCC1Oc1cc(F)ccc1F. The summed E-state index contributed by atoms with van der Waals surface area (Å²) in [4.78, 5) is 0. The average Bonchev–Trinajstić information content (AvgIpc) is 2.36. The van der Waals surface area contributed by atoms with Crippen molar-refractivity contribution in [2.24, 2.45) is 0 Å². The van der Waals surface area contributed by atoms with Gasteiger partial charge in [0.1, 0.15) is 11.9 Å². The maximum atomic E-state index is 13.5. The minimum absolute atomic E-state index is 0.0617. The van der Waals surface area contributed by atoms with Crippen LogP contribution >= 0.6 is 0 Å².